The minimum Gasteiger partial charge on any atom is -0.289 e. The molecule has 3 heteroatoms. The van der Waals surface area contributed by atoms with Gasteiger partial charge in [-0.05, 0) is 30.0 Å². The average molecular weight is 237 g/mol. The Kier molecular flexibility index (Phi) is 2.89. The van der Waals surface area contributed by atoms with Crippen LogP contribution in [0.2, 0.25) is 5.02 Å². The molecule has 0 aliphatic rings. The first-order valence-corrected chi connectivity index (χ1v) is 5.83. The van der Waals surface area contributed by atoms with E-state index in [0.29, 0.717) is 10.6 Å². The molecule has 76 valence electrons. The maximum atomic E-state index is 11.9. The van der Waals surface area contributed by atoms with Crippen LogP contribution in [0.25, 0.3) is 0 Å². The summed E-state index contributed by atoms with van der Waals surface area (Å²) in [6, 6.07) is 7.21. The van der Waals surface area contributed by atoms with Crippen LogP contribution in [0.3, 0.4) is 0 Å². The molecular formula is C12H9ClOS. The monoisotopic (exact) mass is 236 g/mol. The van der Waals surface area contributed by atoms with E-state index in [4.69, 9.17) is 11.6 Å². The third-order valence-corrected chi connectivity index (χ3v) is 3.31. The molecule has 1 aromatic heterocycles. The van der Waals surface area contributed by atoms with Crippen LogP contribution in [0.5, 0.6) is 0 Å². The minimum atomic E-state index is 0.0261. The molecule has 1 heterocycles. The third kappa shape index (κ3) is 2.11. The normalized spacial score (nSPS) is 10.3. The number of benzene rings is 1. The molecule has 2 rings (SSSR count). The van der Waals surface area contributed by atoms with Crippen molar-refractivity contribution in [1.29, 1.82) is 0 Å². The highest BCUT2D eigenvalue weighted by atomic mass is 35.5. The van der Waals surface area contributed by atoms with Crippen LogP contribution < -0.4 is 0 Å². The van der Waals surface area contributed by atoms with Gasteiger partial charge in [-0.25, -0.2) is 0 Å². The van der Waals surface area contributed by atoms with Gasteiger partial charge in [-0.15, -0.1) is 0 Å². The lowest BCUT2D eigenvalue weighted by Gasteiger charge is -2.01. The summed E-state index contributed by atoms with van der Waals surface area (Å²) in [5.74, 6) is 0.0261. The van der Waals surface area contributed by atoms with Crippen molar-refractivity contribution in [2.45, 2.75) is 6.92 Å². The zero-order valence-corrected chi connectivity index (χ0v) is 9.73. The van der Waals surface area contributed by atoms with E-state index in [1.54, 1.807) is 12.1 Å². The van der Waals surface area contributed by atoms with Crippen LogP contribution in [0.4, 0.5) is 0 Å². The Morgan fingerprint density at radius 2 is 2.07 bits per heavy atom. The van der Waals surface area contributed by atoms with Crippen LogP contribution in [0, 0.1) is 6.92 Å². The maximum Gasteiger partial charge on any atom is 0.193 e. The number of carbonyl (C=O) groups is 1. The minimum absolute atomic E-state index is 0.0261. The first kappa shape index (κ1) is 10.4. The molecule has 0 spiro atoms. The summed E-state index contributed by atoms with van der Waals surface area (Å²) < 4.78 is 0. The van der Waals surface area contributed by atoms with E-state index in [9.17, 15) is 4.79 Å². The van der Waals surface area contributed by atoms with Crippen molar-refractivity contribution in [2.75, 3.05) is 0 Å². The second-order valence-electron chi connectivity index (χ2n) is 3.31. The lowest BCUT2D eigenvalue weighted by molar-refractivity contribution is 0.103. The van der Waals surface area contributed by atoms with Crippen molar-refractivity contribution in [3.05, 3.63) is 56.7 Å². The van der Waals surface area contributed by atoms with Crippen molar-refractivity contribution in [3.8, 4) is 0 Å². The van der Waals surface area contributed by atoms with E-state index in [1.807, 2.05) is 29.8 Å². The predicted octanol–water partition coefficient (Wildman–Crippen LogP) is 3.94. The Hall–Kier alpha value is -1.12. The predicted molar refractivity (Wildman–Crippen MR) is 63.9 cm³/mol. The molecule has 0 N–H and O–H groups in total. The molecule has 1 nitrogen and oxygen atoms in total. The van der Waals surface area contributed by atoms with Gasteiger partial charge in [0.15, 0.2) is 5.78 Å². The van der Waals surface area contributed by atoms with Gasteiger partial charge in [0.25, 0.3) is 0 Å². The van der Waals surface area contributed by atoms with Gasteiger partial charge >= 0.3 is 0 Å². The highest BCUT2D eigenvalue weighted by molar-refractivity contribution is 7.08. The number of thiophene rings is 1. The molecule has 0 fully saturated rings. The Balaban J connectivity index is 2.39. The van der Waals surface area contributed by atoms with Crippen LogP contribution in [0.1, 0.15) is 21.5 Å². The largest absolute Gasteiger partial charge is 0.289 e. The molecule has 0 unspecified atom stereocenters. The summed E-state index contributed by atoms with van der Waals surface area (Å²) >= 11 is 7.49. The summed E-state index contributed by atoms with van der Waals surface area (Å²) in [5.41, 5.74) is 2.35. The van der Waals surface area contributed by atoms with Gasteiger partial charge in [0, 0.05) is 21.5 Å². The molecule has 0 atom stereocenters. The van der Waals surface area contributed by atoms with Crippen molar-refractivity contribution in [3.63, 3.8) is 0 Å². The first-order chi connectivity index (χ1) is 7.18. The van der Waals surface area contributed by atoms with Gasteiger partial charge in [-0.3, -0.25) is 4.79 Å². The van der Waals surface area contributed by atoms with Crippen LogP contribution in [-0.4, -0.2) is 5.78 Å². The molecule has 0 saturated heterocycles. The fourth-order valence-electron chi connectivity index (χ4n) is 1.29. The fraction of sp³-hybridized carbons (Fsp3) is 0.0833. The van der Waals surface area contributed by atoms with E-state index in [1.165, 1.54) is 11.3 Å². The van der Waals surface area contributed by atoms with Gasteiger partial charge in [0.2, 0.25) is 0 Å². The number of aryl methyl sites for hydroxylation is 1. The molecule has 0 bridgehead atoms. The van der Waals surface area contributed by atoms with Crippen LogP contribution in [0.15, 0.2) is 35.0 Å². The lowest BCUT2D eigenvalue weighted by Crippen LogP contribution is -1.99. The van der Waals surface area contributed by atoms with E-state index < -0.39 is 0 Å². The van der Waals surface area contributed by atoms with Crippen LogP contribution >= 0.6 is 22.9 Å². The summed E-state index contributed by atoms with van der Waals surface area (Å²) in [4.78, 5) is 11.9. The van der Waals surface area contributed by atoms with Crippen molar-refractivity contribution in [1.82, 2.24) is 0 Å². The van der Waals surface area contributed by atoms with Crippen molar-refractivity contribution in [2.24, 2.45) is 0 Å². The van der Waals surface area contributed by atoms with Gasteiger partial charge in [0.05, 0.1) is 0 Å². The van der Waals surface area contributed by atoms with E-state index in [-0.39, 0.29) is 5.78 Å². The highest BCUT2D eigenvalue weighted by Crippen LogP contribution is 2.19. The Morgan fingerprint density at radius 3 is 2.67 bits per heavy atom. The van der Waals surface area contributed by atoms with E-state index >= 15 is 0 Å². The molecule has 0 radical (unpaired) electrons. The standard InChI is InChI=1S/C12H9ClOS/c1-8-2-3-9(6-11(8)13)12(14)10-4-5-15-7-10/h2-7H,1H3. The molecule has 0 aliphatic heterocycles. The fourth-order valence-corrected chi connectivity index (χ4v) is 2.11. The van der Waals surface area contributed by atoms with Gasteiger partial charge in [0.1, 0.15) is 0 Å². The molecule has 0 saturated carbocycles. The summed E-state index contributed by atoms with van der Waals surface area (Å²) in [7, 11) is 0. The second kappa shape index (κ2) is 4.17. The topological polar surface area (TPSA) is 17.1 Å². The zero-order chi connectivity index (χ0) is 10.8. The Labute approximate surface area is 97.3 Å². The van der Waals surface area contributed by atoms with Crippen LogP contribution in [-0.2, 0) is 0 Å². The molecule has 0 amide bonds. The molecular weight excluding hydrogens is 228 g/mol. The van der Waals surface area contributed by atoms with Crippen molar-refractivity contribution < 1.29 is 4.79 Å². The summed E-state index contributed by atoms with van der Waals surface area (Å²) in [6.45, 7) is 1.92. The van der Waals surface area contributed by atoms with Gasteiger partial charge in [-0.1, -0.05) is 23.7 Å². The van der Waals surface area contributed by atoms with E-state index in [2.05, 4.69) is 0 Å². The smallest absolute Gasteiger partial charge is 0.193 e. The Bertz CT molecular complexity index is 488. The molecule has 15 heavy (non-hydrogen) atoms. The quantitative estimate of drug-likeness (QED) is 0.722. The molecule has 2 aromatic rings. The third-order valence-electron chi connectivity index (χ3n) is 2.22. The number of hydrogen-bond acceptors (Lipinski definition) is 2. The summed E-state index contributed by atoms with van der Waals surface area (Å²) in [5, 5.41) is 4.37. The first-order valence-electron chi connectivity index (χ1n) is 4.51. The van der Waals surface area contributed by atoms with Crippen molar-refractivity contribution >= 4 is 28.7 Å². The molecule has 1 aromatic carbocycles. The van der Waals surface area contributed by atoms with Gasteiger partial charge in [-0.2, -0.15) is 11.3 Å². The number of carbonyl (C=O) groups excluding carboxylic acids is 1. The Morgan fingerprint density at radius 1 is 1.27 bits per heavy atom. The lowest BCUT2D eigenvalue weighted by atomic mass is 10.0. The highest BCUT2D eigenvalue weighted by Gasteiger charge is 2.10. The number of ketones is 1. The number of hydrogen-bond donors (Lipinski definition) is 0. The second-order valence-corrected chi connectivity index (χ2v) is 4.49. The maximum absolute atomic E-state index is 11.9. The summed E-state index contributed by atoms with van der Waals surface area (Å²) in [6.07, 6.45) is 0. The van der Waals surface area contributed by atoms with Gasteiger partial charge < -0.3 is 0 Å². The SMILES string of the molecule is Cc1ccc(C(=O)c2ccsc2)cc1Cl. The zero-order valence-electron chi connectivity index (χ0n) is 8.16. The number of rotatable bonds is 2. The molecule has 0 aliphatic carbocycles. The average Bonchev–Trinajstić information content (AvgIpc) is 2.74. The number of halogens is 1. The van der Waals surface area contributed by atoms with E-state index in [0.717, 1.165) is 11.1 Å².